The highest BCUT2D eigenvalue weighted by Crippen LogP contribution is 2.47. The minimum absolute atomic E-state index is 0.169. The lowest BCUT2D eigenvalue weighted by Crippen LogP contribution is -2.33. The Labute approximate surface area is 306 Å². The van der Waals surface area contributed by atoms with E-state index in [-0.39, 0.29) is 10.8 Å². The van der Waals surface area contributed by atoms with Gasteiger partial charge in [0.2, 0.25) is 0 Å². The zero-order valence-corrected chi connectivity index (χ0v) is 30.2. The van der Waals surface area contributed by atoms with Crippen LogP contribution in [0.5, 0.6) is 0 Å². The van der Waals surface area contributed by atoms with Gasteiger partial charge in [0.1, 0.15) is 0 Å². The first-order valence-corrected chi connectivity index (χ1v) is 18.3. The smallest absolute Gasteiger partial charge is 0.165 e. The maximum atomic E-state index is 5.17. The predicted octanol–water partition coefficient (Wildman–Crippen LogP) is 12.9. The monoisotopic (exact) mass is 671 g/mol. The Hall–Kier alpha value is -5.93. The molecule has 0 amide bonds. The van der Waals surface area contributed by atoms with Gasteiger partial charge in [0, 0.05) is 16.7 Å². The third-order valence-electron chi connectivity index (χ3n) is 11.2. The molecule has 0 aliphatic heterocycles. The van der Waals surface area contributed by atoms with Crippen LogP contribution in [0.2, 0.25) is 0 Å². The number of nitrogens with zero attached hydrogens (tertiary/aromatic N) is 3. The molecule has 252 valence electrons. The minimum atomic E-state index is 0.169. The van der Waals surface area contributed by atoms with Crippen LogP contribution in [0.25, 0.3) is 78.0 Å². The Bertz CT molecular complexity index is 2490. The van der Waals surface area contributed by atoms with Crippen molar-refractivity contribution in [3.63, 3.8) is 0 Å². The Kier molecular flexibility index (Phi) is 7.62. The molecule has 0 saturated carbocycles. The fourth-order valence-corrected chi connectivity index (χ4v) is 8.20. The fraction of sp³-hybridized carbons (Fsp3) is 0.163. The molecule has 0 atom stereocenters. The number of hydrogen-bond donors (Lipinski definition) is 0. The molecule has 3 nitrogen and oxygen atoms in total. The van der Waals surface area contributed by atoms with Crippen molar-refractivity contribution in [2.45, 2.75) is 51.4 Å². The van der Waals surface area contributed by atoms with Crippen molar-refractivity contribution in [3.8, 4) is 56.4 Å². The summed E-state index contributed by atoms with van der Waals surface area (Å²) in [7, 11) is 0. The van der Waals surface area contributed by atoms with Gasteiger partial charge in [-0.2, -0.15) is 0 Å². The number of hydrogen-bond acceptors (Lipinski definition) is 3. The molecule has 0 N–H and O–H groups in total. The predicted molar refractivity (Wildman–Crippen MR) is 217 cm³/mol. The van der Waals surface area contributed by atoms with E-state index >= 15 is 0 Å². The summed E-state index contributed by atoms with van der Waals surface area (Å²) in [6, 6.07) is 54.1. The summed E-state index contributed by atoms with van der Waals surface area (Å²) < 4.78 is 0. The normalized spacial score (nSPS) is 14.7. The standard InChI is InChI=1S/C49H41N3/c1-48(2)29-30-49(3,4)42-31-36(27-28-41(42)48)32-23-25-33(26-24-32)43-37-19-11-13-21-39(37)44(40-22-14-12-20-38(40)43)47-51-45(34-15-7-5-8-16-34)50-46(52-47)35-17-9-6-10-18-35/h5-28,31H,29-30H2,1-4H3. The Morgan fingerprint density at radius 3 is 1.27 bits per heavy atom. The molecule has 0 unspecified atom stereocenters. The van der Waals surface area contributed by atoms with Crippen LogP contribution in [0.4, 0.5) is 0 Å². The molecule has 0 bridgehead atoms. The average Bonchev–Trinajstić information content (AvgIpc) is 3.19. The Morgan fingerprint density at radius 1 is 0.346 bits per heavy atom. The van der Waals surface area contributed by atoms with Gasteiger partial charge in [-0.15, -0.1) is 0 Å². The van der Waals surface area contributed by atoms with Gasteiger partial charge in [0.05, 0.1) is 0 Å². The molecule has 0 spiro atoms. The molecule has 52 heavy (non-hydrogen) atoms. The van der Waals surface area contributed by atoms with Gasteiger partial charge in [0.25, 0.3) is 0 Å². The van der Waals surface area contributed by atoms with E-state index in [2.05, 4.69) is 143 Å². The van der Waals surface area contributed by atoms with Crippen molar-refractivity contribution in [3.05, 3.63) is 163 Å². The molecule has 1 aromatic heterocycles. The topological polar surface area (TPSA) is 38.7 Å². The van der Waals surface area contributed by atoms with Crippen LogP contribution >= 0.6 is 0 Å². The van der Waals surface area contributed by atoms with Gasteiger partial charge >= 0.3 is 0 Å². The summed E-state index contributed by atoms with van der Waals surface area (Å²) in [5.41, 5.74) is 11.2. The number of aromatic nitrogens is 3. The van der Waals surface area contributed by atoms with Crippen molar-refractivity contribution in [2.24, 2.45) is 0 Å². The maximum absolute atomic E-state index is 5.17. The zero-order chi connectivity index (χ0) is 35.5. The summed E-state index contributed by atoms with van der Waals surface area (Å²) in [5, 5.41) is 4.57. The van der Waals surface area contributed by atoms with Crippen LogP contribution in [0.1, 0.15) is 51.7 Å². The van der Waals surface area contributed by atoms with Crippen molar-refractivity contribution >= 4 is 21.5 Å². The summed E-state index contributed by atoms with van der Waals surface area (Å²) in [6.07, 6.45) is 2.43. The molecule has 3 heteroatoms. The van der Waals surface area contributed by atoms with Crippen LogP contribution in [-0.2, 0) is 10.8 Å². The number of fused-ring (bicyclic) bond motifs is 3. The molecule has 0 saturated heterocycles. The first kappa shape index (κ1) is 32.0. The van der Waals surface area contributed by atoms with Crippen molar-refractivity contribution < 1.29 is 0 Å². The number of benzene rings is 7. The van der Waals surface area contributed by atoms with Crippen LogP contribution < -0.4 is 0 Å². The van der Waals surface area contributed by atoms with Crippen LogP contribution in [0, 0.1) is 0 Å². The molecular weight excluding hydrogens is 631 g/mol. The number of rotatable bonds is 5. The summed E-state index contributed by atoms with van der Waals surface area (Å²) in [5.74, 6) is 1.98. The zero-order valence-electron chi connectivity index (χ0n) is 30.2. The molecule has 0 radical (unpaired) electrons. The Balaban J connectivity index is 1.22. The molecule has 1 heterocycles. The molecule has 1 aliphatic carbocycles. The quantitative estimate of drug-likeness (QED) is 0.171. The second-order valence-electron chi connectivity index (χ2n) is 15.5. The third-order valence-corrected chi connectivity index (χ3v) is 11.2. The van der Waals surface area contributed by atoms with Gasteiger partial charge in [0.15, 0.2) is 17.5 Å². The molecule has 7 aromatic carbocycles. The van der Waals surface area contributed by atoms with Crippen LogP contribution in [0.3, 0.4) is 0 Å². The summed E-state index contributed by atoms with van der Waals surface area (Å²) >= 11 is 0. The van der Waals surface area contributed by atoms with Crippen LogP contribution in [0.15, 0.2) is 152 Å². The minimum Gasteiger partial charge on any atom is -0.208 e. The lowest BCUT2D eigenvalue weighted by molar-refractivity contribution is 0.332. The van der Waals surface area contributed by atoms with Crippen molar-refractivity contribution in [2.75, 3.05) is 0 Å². The first-order chi connectivity index (χ1) is 25.3. The highest BCUT2D eigenvalue weighted by molar-refractivity contribution is 6.20. The van der Waals surface area contributed by atoms with Gasteiger partial charge in [-0.3, -0.25) is 0 Å². The van der Waals surface area contributed by atoms with E-state index in [9.17, 15) is 0 Å². The molecule has 9 rings (SSSR count). The van der Waals surface area contributed by atoms with E-state index in [0.29, 0.717) is 17.5 Å². The largest absolute Gasteiger partial charge is 0.208 e. The molecule has 8 aromatic rings. The molecule has 0 fully saturated rings. The average molecular weight is 672 g/mol. The van der Waals surface area contributed by atoms with E-state index < -0.39 is 0 Å². The van der Waals surface area contributed by atoms with Crippen molar-refractivity contribution in [1.29, 1.82) is 0 Å². The van der Waals surface area contributed by atoms with Gasteiger partial charge in [-0.1, -0.05) is 179 Å². The van der Waals surface area contributed by atoms with E-state index in [0.717, 1.165) is 27.5 Å². The third kappa shape index (κ3) is 5.49. The summed E-state index contributed by atoms with van der Waals surface area (Å²) in [6.45, 7) is 9.58. The van der Waals surface area contributed by atoms with E-state index in [1.165, 1.54) is 57.0 Å². The molecular formula is C49H41N3. The molecule has 1 aliphatic rings. The first-order valence-electron chi connectivity index (χ1n) is 18.3. The summed E-state index contributed by atoms with van der Waals surface area (Å²) in [4.78, 5) is 15.3. The second kappa shape index (κ2) is 12.4. The van der Waals surface area contributed by atoms with Gasteiger partial charge < -0.3 is 0 Å². The highest BCUT2D eigenvalue weighted by atomic mass is 15.0. The van der Waals surface area contributed by atoms with Crippen LogP contribution in [-0.4, -0.2) is 15.0 Å². The van der Waals surface area contributed by atoms with E-state index in [1.54, 1.807) is 0 Å². The lowest BCUT2D eigenvalue weighted by atomic mass is 9.63. The maximum Gasteiger partial charge on any atom is 0.165 e. The van der Waals surface area contributed by atoms with E-state index in [4.69, 9.17) is 15.0 Å². The van der Waals surface area contributed by atoms with E-state index in [1.807, 2.05) is 36.4 Å². The van der Waals surface area contributed by atoms with Crippen molar-refractivity contribution in [1.82, 2.24) is 15.0 Å². The fourth-order valence-electron chi connectivity index (χ4n) is 8.20. The Morgan fingerprint density at radius 2 is 0.750 bits per heavy atom. The van der Waals surface area contributed by atoms with Gasteiger partial charge in [-0.25, -0.2) is 15.0 Å². The second-order valence-corrected chi connectivity index (χ2v) is 15.5. The SMILES string of the molecule is CC1(C)CCC(C)(C)c2cc(-c3ccc(-c4c5ccccc5c(-c5nc(-c6ccccc6)nc(-c6ccccc6)n5)c5ccccc45)cc3)ccc21. The van der Waals surface area contributed by atoms with Gasteiger partial charge in [-0.05, 0) is 78.6 Å². The lowest BCUT2D eigenvalue weighted by Gasteiger charge is -2.42. The highest BCUT2D eigenvalue weighted by Gasteiger charge is 2.37.